The molecule has 1 unspecified atom stereocenters. The van der Waals surface area contributed by atoms with Gasteiger partial charge in [0.2, 0.25) is 0 Å². The van der Waals surface area contributed by atoms with E-state index in [2.05, 4.69) is 24.0 Å². The first-order valence-electron chi connectivity index (χ1n) is 5.93. The summed E-state index contributed by atoms with van der Waals surface area (Å²) in [6.07, 6.45) is 1.90. The number of nitrogens with one attached hydrogen (secondary N) is 1. The van der Waals surface area contributed by atoms with Crippen LogP contribution in [0, 0.1) is 0 Å². The molecule has 2 nitrogen and oxygen atoms in total. The van der Waals surface area contributed by atoms with E-state index in [1.165, 1.54) is 5.56 Å². The Kier molecular flexibility index (Phi) is 6.30. The number of hydrogen-bond donors (Lipinski definition) is 2. The van der Waals surface area contributed by atoms with Crippen LogP contribution in [0.25, 0.3) is 0 Å². The summed E-state index contributed by atoms with van der Waals surface area (Å²) in [5.41, 5.74) is 7.43. The molecule has 18 heavy (non-hydrogen) atoms. The Labute approximate surface area is 109 Å². The van der Waals surface area contributed by atoms with Crippen molar-refractivity contribution in [3.05, 3.63) is 78.9 Å². The molecule has 0 bridgehead atoms. The fraction of sp³-hybridized carbons (Fsp3) is 0.125. The summed E-state index contributed by atoms with van der Waals surface area (Å²) in [6, 6.07) is 20.0. The molecule has 2 aromatic carbocycles. The SMILES string of the molecule is C=CC(NC)c1ccccc1.Nc1ccccc1. The van der Waals surface area contributed by atoms with Gasteiger partial charge in [-0.25, -0.2) is 0 Å². The Balaban J connectivity index is 0.000000199. The van der Waals surface area contributed by atoms with E-state index in [0.717, 1.165) is 5.69 Å². The van der Waals surface area contributed by atoms with Crippen LogP contribution in [0.1, 0.15) is 11.6 Å². The van der Waals surface area contributed by atoms with Gasteiger partial charge in [0.25, 0.3) is 0 Å². The van der Waals surface area contributed by atoms with Crippen LogP contribution in [0.5, 0.6) is 0 Å². The van der Waals surface area contributed by atoms with Crippen molar-refractivity contribution in [3.8, 4) is 0 Å². The Morgan fingerprint density at radius 1 is 1.00 bits per heavy atom. The molecule has 0 spiro atoms. The quantitative estimate of drug-likeness (QED) is 0.637. The van der Waals surface area contributed by atoms with Crippen LogP contribution < -0.4 is 11.1 Å². The lowest BCUT2D eigenvalue weighted by molar-refractivity contribution is 0.716. The maximum absolute atomic E-state index is 5.36. The molecule has 1 atom stereocenters. The Morgan fingerprint density at radius 2 is 1.50 bits per heavy atom. The average Bonchev–Trinajstić information content (AvgIpc) is 2.43. The summed E-state index contributed by atoms with van der Waals surface area (Å²) >= 11 is 0. The molecule has 0 aliphatic heterocycles. The molecular weight excluding hydrogens is 220 g/mol. The highest BCUT2D eigenvalue weighted by molar-refractivity contribution is 5.35. The van der Waals surface area contributed by atoms with Gasteiger partial charge in [0, 0.05) is 5.69 Å². The number of benzene rings is 2. The molecule has 0 radical (unpaired) electrons. The number of hydrogen-bond acceptors (Lipinski definition) is 2. The van der Waals surface area contributed by atoms with Crippen LogP contribution in [0.2, 0.25) is 0 Å². The van der Waals surface area contributed by atoms with Gasteiger partial charge >= 0.3 is 0 Å². The molecule has 2 heteroatoms. The maximum atomic E-state index is 5.36. The topological polar surface area (TPSA) is 38.0 Å². The van der Waals surface area contributed by atoms with Gasteiger partial charge in [-0.05, 0) is 24.7 Å². The predicted octanol–water partition coefficient (Wildman–Crippen LogP) is 3.40. The summed E-state index contributed by atoms with van der Waals surface area (Å²) in [5.74, 6) is 0. The first kappa shape index (κ1) is 14.0. The second-order valence-corrected chi connectivity index (χ2v) is 3.82. The van der Waals surface area contributed by atoms with Gasteiger partial charge in [0.15, 0.2) is 0 Å². The molecule has 0 aliphatic rings. The van der Waals surface area contributed by atoms with E-state index in [1.54, 1.807) is 0 Å². The number of anilines is 1. The van der Waals surface area contributed by atoms with Crippen molar-refractivity contribution < 1.29 is 0 Å². The lowest BCUT2D eigenvalue weighted by Crippen LogP contribution is -2.12. The van der Waals surface area contributed by atoms with Crippen LogP contribution in [0.3, 0.4) is 0 Å². The molecule has 0 saturated carbocycles. The van der Waals surface area contributed by atoms with Crippen molar-refractivity contribution >= 4 is 5.69 Å². The summed E-state index contributed by atoms with van der Waals surface area (Å²) < 4.78 is 0. The minimum atomic E-state index is 0.274. The number of para-hydroxylation sites is 1. The minimum Gasteiger partial charge on any atom is -0.399 e. The van der Waals surface area contributed by atoms with Crippen LogP contribution in [-0.4, -0.2) is 7.05 Å². The van der Waals surface area contributed by atoms with Gasteiger partial charge in [-0.1, -0.05) is 54.6 Å². The number of rotatable bonds is 3. The van der Waals surface area contributed by atoms with Crippen LogP contribution in [0.4, 0.5) is 5.69 Å². The van der Waals surface area contributed by atoms with E-state index in [4.69, 9.17) is 5.73 Å². The fourth-order valence-electron chi connectivity index (χ4n) is 1.53. The molecule has 2 aromatic rings. The van der Waals surface area contributed by atoms with Gasteiger partial charge < -0.3 is 11.1 Å². The van der Waals surface area contributed by atoms with Gasteiger partial charge in [-0.15, -0.1) is 6.58 Å². The summed E-state index contributed by atoms with van der Waals surface area (Å²) in [7, 11) is 1.93. The second-order valence-electron chi connectivity index (χ2n) is 3.82. The lowest BCUT2D eigenvalue weighted by Gasteiger charge is -2.10. The molecule has 0 aromatic heterocycles. The third kappa shape index (κ3) is 4.85. The van der Waals surface area contributed by atoms with Crippen LogP contribution in [0.15, 0.2) is 73.3 Å². The van der Waals surface area contributed by atoms with Crippen molar-refractivity contribution in [1.82, 2.24) is 5.32 Å². The zero-order valence-corrected chi connectivity index (χ0v) is 10.7. The summed E-state index contributed by atoms with van der Waals surface area (Å²) in [5, 5.41) is 3.15. The van der Waals surface area contributed by atoms with Gasteiger partial charge in [0.05, 0.1) is 6.04 Å². The molecule has 0 fully saturated rings. The zero-order valence-electron chi connectivity index (χ0n) is 10.7. The first-order chi connectivity index (χ1) is 8.77. The van der Waals surface area contributed by atoms with E-state index < -0.39 is 0 Å². The van der Waals surface area contributed by atoms with Gasteiger partial charge in [-0.3, -0.25) is 0 Å². The highest BCUT2D eigenvalue weighted by Gasteiger charge is 2.00. The van der Waals surface area contributed by atoms with Crippen molar-refractivity contribution in [2.75, 3.05) is 12.8 Å². The third-order valence-electron chi connectivity index (χ3n) is 2.50. The lowest BCUT2D eigenvalue weighted by atomic mass is 10.1. The van der Waals surface area contributed by atoms with Gasteiger partial charge in [-0.2, -0.15) is 0 Å². The zero-order chi connectivity index (χ0) is 13.2. The van der Waals surface area contributed by atoms with Crippen molar-refractivity contribution in [2.24, 2.45) is 0 Å². The number of nitrogens with two attached hydrogens (primary N) is 1. The molecule has 0 heterocycles. The number of nitrogen functional groups attached to an aromatic ring is 1. The second kappa shape index (κ2) is 8.09. The summed E-state index contributed by atoms with van der Waals surface area (Å²) in [6.45, 7) is 3.75. The molecule has 94 valence electrons. The van der Waals surface area contributed by atoms with Gasteiger partial charge in [0.1, 0.15) is 0 Å². The fourth-order valence-corrected chi connectivity index (χ4v) is 1.53. The van der Waals surface area contributed by atoms with Crippen molar-refractivity contribution in [2.45, 2.75) is 6.04 Å². The smallest absolute Gasteiger partial charge is 0.0501 e. The van der Waals surface area contributed by atoms with Crippen molar-refractivity contribution in [1.29, 1.82) is 0 Å². The van der Waals surface area contributed by atoms with E-state index in [1.807, 2.05) is 61.7 Å². The average molecular weight is 240 g/mol. The molecule has 0 saturated heterocycles. The van der Waals surface area contributed by atoms with Crippen molar-refractivity contribution in [3.63, 3.8) is 0 Å². The minimum absolute atomic E-state index is 0.274. The molecule has 2 rings (SSSR count). The predicted molar refractivity (Wildman–Crippen MR) is 79.3 cm³/mol. The highest BCUT2D eigenvalue weighted by Crippen LogP contribution is 2.11. The standard InChI is InChI=1S/C10H13N.C6H7N/c1-3-10(11-2)9-7-5-4-6-8-9;7-6-4-2-1-3-5-6/h3-8,10-11H,1H2,2H3;1-5H,7H2. The highest BCUT2D eigenvalue weighted by atomic mass is 14.9. The maximum Gasteiger partial charge on any atom is 0.0501 e. The van der Waals surface area contributed by atoms with E-state index >= 15 is 0 Å². The monoisotopic (exact) mass is 240 g/mol. The molecule has 0 amide bonds. The van der Waals surface area contributed by atoms with Crippen LogP contribution in [-0.2, 0) is 0 Å². The first-order valence-corrected chi connectivity index (χ1v) is 5.93. The Hall–Kier alpha value is -2.06. The third-order valence-corrected chi connectivity index (χ3v) is 2.50. The Bertz CT molecular complexity index is 437. The van der Waals surface area contributed by atoms with E-state index in [-0.39, 0.29) is 6.04 Å². The Morgan fingerprint density at radius 3 is 1.83 bits per heavy atom. The molecule has 0 aliphatic carbocycles. The number of likely N-dealkylation sites (N-methyl/N-ethyl adjacent to an activating group) is 1. The normalized spacial score (nSPS) is 10.9. The largest absolute Gasteiger partial charge is 0.399 e. The van der Waals surface area contributed by atoms with Crippen LogP contribution >= 0.6 is 0 Å². The van der Waals surface area contributed by atoms with E-state index in [9.17, 15) is 0 Å². The van der Waals surface area contributed by atoms with E-state index in [0.29, 0.717) is 0 Å². The molecule has 3 N–H and O–H groups in total. The molecular formula is C16H20N2. The summed E-state index contributed by atoms with van der Waals surface area (Å²) in [4.78, 5) is 0.